The van der Waals surface area contributed by atoms with Crippen molar-refractivity contribution in [2.24, 2.45) is 0 Å². The van der Waals surface area contributed by atoms with Gasteiger partial charge in [-0.1, -0.05) is 18.2 Å². The molecule has 0 radical (unpaired) electrons. The van der Waals surface area contributed by atoms with Crippen molar-refractivity contribution in [3.8, 4) is 0 Å². The molecule has 1 fully saturated rings. The maximum Gasteiger partial charge on any atom is 0.262 e. The van der Waals surface area contributed by atoms with Gasteiger partial charge in [-0.3, -0.25) is 4.79 Å². The Labute approximate surface area is 180 Å². The Bertz CT molecular complexity index is 1070. The van der Waals surface area contributed by atoms with Gasteiger partial charge in [-0.15, -0.1) is 11.3 Å². The Morgan fingerprint density at radius 2 is 1.73 bits per heavy atom. The lowest BCUT2D eigenvalue weighted by molar-refractivity contribution is 0.0989. The number of amides is 1. The first-order chi connectivity index (χ1) is 14.6. The van der Waals surface area contributed by atoms with E-state index in [9.17, 15) is 4.79 Å². The minimum Gasteiger partial charge on any atom is -0.352 e. The molecule has 7 heteroatoms. The fourth-order valence-electron chi connectivity index (χ4n) is 4.21. The van der Waals surface area contributed by atoms with Crippen LogP contribution in [0.2, 0.25) is 0 Å². The number of hydrogen-bond donors (Lipinski definition) is 0. The predicted molar refractivity (Wildman–Crippen MR) is 122 cm³/mol. The number of thiazole rings is 1. The van der Waals surface area contributed by atoms with Crippen molar-refractivity contribution in [1.82, 2.24) is 9.97 Å². The van der Waals surface area contributed by atoms with E-state index in [-0.39, 0.29) is 5.91 Å². The number of carbonyl (C=O) groups excluding carboxylic acids is 1. The molecule has 4 heterocycles. The van der Waals surface area contributed by atoms with Crippen molar-refractivity contribution in [3.05, 3.63) is 64.3 Å². The molecule has 0 aliphatic carbocycles. The van der Waals surface area contributed by atoms with Crippen molar-refractivity contribution in [2.45, 2.75) is 20.3 Å². The van der Waals surface area contributed by atoms with Crippen LogP contribution >= 0.6 is 11.3 Å². The molecule has 30 heavy (non-hydrogen) atoms. The fraction of sp³-hybridized carbons (Fsp3) is 0.348. The van der Waals surface area contributed by atoms with E-state index in [1.54, 1.807) is 17.5 Å². The van der Waals surface area contributed by atoms with E-state index in [0.717, 1.165) is 61.5 Å². The molecule has 1 amide bonds. The van der Waals surface area contributed by atoms with E-state index in [2.05, 4.69) is 34.7 Å². The molecule has 0 saturated carbocycles. The summed E-state index contributed by atoms with van der Waals surface area (Å²) in [4.78, 5) is 30.5. The number of nitrogens with zero attached hydrogens (tertiary/aromatic N) is 5. The average molecular weight is 420 g/mol. The molecule has 1 aromatic carbocycles. The van der Waals surface area contributed by atoms with Gasteiger partial charge in [0, 0.05) is 49.5 Å². The molecular weight excluding hydrogens is 394 g/mol. The highest BCUT2D eigenvalue weighted by Gasteiger charge is 2.29. The monoisotopic (exact) mass is 419 g/mol. The third kappa shape index (κ3) is 3.33. The zero-order valence-electron chi connectivity index (χ0n) is 17.3. The number of piperazine rings is 1. The lowest BCUT2D eigenvalue weighted by atomic mass is 10.1. The molecule has 0 unspecified atom stereocenters. The Kier molecular flexibility index (Phi) is 4.90. The summed E-state index contributed by atoms with van der Waals surface area (Å²) in [5.41, 5.74) is 4.06. The maximum absolute atomic E-state index is 13.4. The van der Waals surface area contributed by atoms with Gasteiger partial charge in [-0.05, 0) is 44.0 Å². The van der Waals surface area contributed by atoms with Crippen molar-refractivity contribution in [3.63, 3.8) is 0 Å². The van der Waals surface area contributed by atoms with Crippen LogP contribution in [0.1, 0.15) is 26.5 Å². The standard InChI is InChI=1S/C23H25N5OS/c1-16-17(2)30-23(25-16)27-14-12-26(13-15-27)21-19(7-5-10-24-21)22(29)28-11-9-18-6-3-4-8-20(18)28/h3-8,10H,9,11-15H2,1-2H3. The number of anilines is 3. The SMILES string of the molecule is Cc1nc(N2CCN(c3ncccc3C(=O)N3CCc4ccccc43)CC2)sc1C. The third-order valence-electron chi connectivity index (χ3n) is 6.02. The van der Waals surface area contributed by atoms with Crippen molar-refractivity contribution in [2.75, 3.05) is 47.4 Å². The minimum atomic E-state index is 0.0386. The van der Waals surface area contributed by atoms with Crippen LogP contribution in [0.15, 0.2) is 42.6 Å². The molecule has 5 rings (SSSR count). The summed E-state index contributed by atoms with van der Waals surface area (Å²) in [7, 11) is 0. The Morgan fingerprint density at radius 1 is 0.967 bits per heavy atom. The van der Waals surface area contributed by atoms with Crippen LogP contribution in [-0.4, -0.2) is 48.6 Å². The minimum absolute atomic E-state index is 0.0386. The number of aryl methyl sites for hydroxylation is 2. The first kappa shape index (κ1) is 19.1. The van der Waals surface area contributed by atoms with Crippen molar-refractivity contribution in [1.29, 1.82) is 0 Å². The highest BCUT2D eigenvalue weighted by Crippen LogP contribution is 2.31. The van der Waals surface area contributed by atoms with E-state index in [4.69, 9.17) is 4.98 Å². The predicted octanol–water partition coefficient (Wildman–Crippen LogP) is 3.68. The van der Waals surface area contributed by atoms with Gasteiger partial charge in [0.1, 0.15) is 5.82 Å². The number of pyridine rings is 1. The highest BCUT2D eigenvalue weighted by molar-refractivity contribution is 7.15. The van der Waals surface area contributed by atoms with Crippen LogP contribution in [-0.2, 0) is 6.42 Å². The van der Waals surface area contributed by atoms with E-state index < -0.39 is 0 Å². The first-order valence-corrected chi connectivity index (χ1v) is 11.2. The topological polar surface area (TPSA) is 52.6 Å². The lowest BCUT2D eigenvalue weighted by Crippen LogP contribution is -2.47. The van der Waals surface area contributed by atoms with E-state index in [1.807, 2.05) is 35.2 Å². The summed E-state index contributed by atoms with van der Waals surface area (Å²) in [5.74, 6) is 0.828. The molecule has 154 valence electrons. The van der Waals surface area contributed by atoms with E-state index in [0.29, 0.717) is 5.56 Å². The molecule has 2 aliphatic rings. The first-order valence-electron chi connectivity index (χ1n) is 10.4. The number of hydrogen-bond acceptors (Lipinski definition) is 6. The number of benzene rings is 1. The summed E-state index contributed by atoms with van der Waals surface area (Å²) in [6.07, 6.45) is 2.69. The van der Waals surface area contributed by atoms with Gasteiger partial charge in [-0.25, -0.2) is 9.97 Å². The molecule has 2 aliphatic heterocycles. The third-order valence-corrected chi connectivity index (χ3v) is 7.15. The Morgan fingerprint density at radius 3 is 2.50 bits per heavy atom. The average Bonchev–Trinajstić information content (AvgIpc) is 3.36. The largest absolute Gasteiger partial charge is 0.352 e. The lowest BCUT2D eigenvalue weighted by Gasteiger charge is -2.36. The molecule has 0 spiro atoms. The number of fused-ring (bicyclic) bond motifs is 1. The summed E-state index contributed by atoms with van der Waals surface area (Å²) in [5, 5.41) is 1.09. The second kappa shape index (κ2) is 7.72. The summed E-state index contributed by atoms with van der Waals surface area (Å²) in [6.45, 7) is 8.31. The molecule has 0 bridgehead atoms. The van der Waals surface area contributed by atoms with Gasteiger partial charge in [0.15, 0.2) is 5.13 Å². The van der Waals surface area contributed by atoms with Gasteiger partial charge in [0.2, 0.25) is 0 Å². The van der Waals surface area contributed by atoms with Crippen LogP contribution in [0.4, 0.5) is 16.6 Å². The van der Waals surface area contributed by atoms with E-state index in [1.165, 1.54) is 10.4 Å². The van der Waals surface area contributed by atoms with Crippen LogP contribution in [0.3, 0.4) is 0 Å². The van der Waals surface area contributed by atoms with Crippen LogP contribution in [0.5, 0.6) is 0 Å². The highest BCUT2D eigenvalue weighted by atomic mass is 32.1. The number of para-hydroxylation sites is 1. The number of rotatable bonds is 3. The zero-order chi connectivity index (χ0) is 20.7. The summed E-state index contributed by atoms with van der Waals surface area (Å²) >= 11 is 1.76. The number of carbonyl (C=O) groups is 1. The van der Waals surface area contributed by atoms with Gasteiger partial charge < -0.3 is 14.7 Å². The van der Waals surface area contributed by atoms with Gasteiger partial charge in [0.05, 0.1) is 11.3 Å². The van der Waals surface area contributed by atoms with Gasteiger partial charge in [-0.2, -0.15) is 0 Å². The zero-order valence-corrected chi connectivity index (χ0v) is 18.2. The quantitative estimate of drug-likeness (QED) is 0.648. The van der Waals surface area contributed by atoms with Crippen LogP contribution in [0.25, 0.3) is 0 Å². The molecule has 0 N–H and O–H groups in total. The second-order valence-electron chi connectivity index (χ2n) is 7.82. The Hall–Kier alpha value is -2.93. The van der Waals surface area contributed by atoms with Gasteiger partial charge in [0.25, 0.3) is 5.91 Å². The summed E-state index contributed by atoms with van der Waals surface area (Å²) in [6, 6.07) is 11.9. The Balaban J connectivity index is 1.35. The molecule has 2 aromatic heterocycles. The molecule has 1 saturated heterocycles. The molecule has 3 aromatic rings. The van der Waals surface area contributed by atoms with Crippen LogP contribution in [0, 0.1) is 13.8 Å². The van der Waals surface area contributed by atoms with Crippen molar-refractivity contribution >= 4 is 33.9 Å². The molecule has 6 nitrogen and oxygen atoms in total. The smallest absolute Gasteiger partial charge is 0.262 e. The fourth-order valence-corrected chi connectivity index (χ4v) is 5.17. The van der Waals surface area contributed by atoms with Gasteiger partial charge >= 0.3 is 0 Å². The normalized spacial score (nSPS) is 16.1. The van der Waals surface area contributed by atoms with E-state index >= 15 is 0 Å². The molecular formula is C23H25N5OS. The number of aromatic nitrogens is 2. The maximum atomic E-state index is 13.4. The summed E-state index contributed by atoms with van der Waals surface area (Å²) < 4.78 is 0. The molecule has 0 atom stereocenters. The second-order valence-corrected chi connectivity index (χ2v) is 9.00. The van der Waals surface area contributed by atoms with Crippen molar-refractivity contribution < 1.29 is 4.79 Å². The van der Waals surface area contributed by atoms with Crippen LogP contribution < -0.4 is 14.7 Å².